The van der Waals surface area contributed by atoms with E-state index in [2.05, 4.69) is 135 Å². The van der Waals surface area contributed by atoms with Crippen LogP contribution in [0.5, 0.6) is 0 Å². The van der Waals surface area contributed by atoms with E-state index in [1.807, 2.05) is 36.6 Å². The molecule has 0 amide bonds. The normalized spacial score (nSPS) is 11.4. The predicted octanol–water partition coefficient (Wildman–Crippen LogP) is 13.8. The third-order valence-corrected chi connectivity index (χ3v) is 10.1. The van der Waals surface area contributed by atoms with Gasteiger partial charge in [-0.3, -0.25) is 0 Å². The van der Waals surface area contributed by atoms with Crippen LogP contribution in [0, 0.1) is 25.7 Å². The van der Waals surface area contributed by atoms with Crippen LogP contribution >= 0.6 is 12.2 Å². The zero-order valence-electron chi connectivity index (χ0n) is 29.6. The summed E-state index contributed by atoms with van der Waals surface area (Å²) in [5.74, 6) is 8.62. The summed E-state index contributed by atoms with van der Waals surface area (Å²) < 4.78 is 12.5. The first-order chi connectivity index (χ1) is 25.6. The lowest BCUT2D eigenvalue weighted by atomic mass is 9.80. The smallest absolute Gasteiger partial charge is 0.135 e. The number of furan rings is 2. The quantitative estimate of drug-likeness (QED) is 0.117. The summed E-state index contributed by atoms with van der Waals surface area (Å²) >= 11 is 5.97. The first kappa shape index (κ1) is 33.2. The maximum absolute atomic E-state index is 6.37. The highest BCUT2D eigenvalue weighted by Crippen LogP contribution is 2.46. The van der Waals surface area contributed by atoms with E-state index in [4.69, 9.17) is 21.1 Å². The second-order valence-corrected chi connectivity index (χ2v) is 13.5. The van der Waals surface area contributed by atoms with E-state index in [0.717, 1.165) is 85.1 Å². The molecule has 0 radical (unpaired) electrons. The Morgan fingerprint density at radius 1 is 0.615 bits per heavy atom. The fraction of sp³-hybridized carbons (Fsp3) is 0.122. The summed E-state index contributed by atoms with van der Waals surface area (Å²) in [5, 5.41) is 6.34. The lowest BCUT2D eigenvalue weighted by molar-refractivity contribution is 0.577. The molecule has 6 aromatic carbocycles. The lowest BCUT2D eigenvalue weighted by Crippen LogP contribution is -2.03. The van der Waals surface area contributed by atoms with Gasteiger partial charge in [-0.25, -0.2) is 0 Å². The first-order valence-electron chi connectivity index (χ1n) is 17.9. The molecule has 0 aliphatic heterocycles. The largest absolute Gasteiger partial charge is 0.461 e. The number of unbranched alkanes of at least 4 members (excludes halogenated alkanes) is 1. The van der Waals surface area contributed by atoms with E-state index in [1.165, 1.54) is 27.6 Å². The number of benzene rings is 6. The fourth-order valence-corrected chi connectivity index (χ4v) is 7.73. The van der Waals surface area contributed by atoms with Gasteiger partial charge in [0.25, 0.3) is 0 Å². The molecule has 0 N–H and O–H groups in total. The van der Waals surface area contributed by atoms with Gasteiger partial charge in [0.1, 0.15) is 22.7 Å². The van der Waals surface area contributed by atoms with Gasteiger partial charge in [-0.05, 0) is 118 Å². The Morgan fingerprint density at radius 2 is 1.33 bits per heavy atom. The standard InChI is InChI=1S/C49H38O2S/c1-4-5-6-10-21-42-45(31-52)49(41-24-15-14-23-40(41)48(42)39-22-13-12-20-38(39)34-17-8-7-9-18-34)43-30-44-37(33(3)50-47(44)28-32(43)2)27-26-36-29-35-19-11-16-25-46(35)51-36/h7-9,11-20,22-31H,4-5,21H2,1-3H3/b27-26-. The van der Waals surface area contributed by atoms with Crippen molar-refractivity contribution in [2.75, 3.05) is 0 Å². The molecule has 252 valence electrons. The number of para-hydroxylation sites is 1. The fourth-order valence-electron chi connectivity index (χ4n) is 7.47. The number of fused-ring (bicyclic) bond motifs is 3. The van der Waals surface area contributed by atoms with Gasteiger partial charge in [-0.2, -0.15) is 0 Å². The molecule has 8 aromatic rings. The van der Waals surface area contributed by atoms with Crippen molar-refractivity contribution in [3.05, 3.63) is 155 Å². The molecule has 52 heavy (non-hydrogen) atoms. The van der Waals surface area contributed by atoms with Crippen LogP contribution < -0.4 is 0 Å². The highest BCUT2D eigenvalue weighted by Gasteiger charge is 2.24. The topological polar surface area (TPSA) is 26.3 Å². The predicted molar refractivity (Wildman–Crippen MR) is 224 cm³/mol. The van der Waals surface area contributed by atoms with Crippen molar-refractivity contribution in [1.82, 2.24) is 0 Å². The zero-order valence-corrected chi connectivity index (χ0v) is 30.4. The van der Waals surface area contributed by atoms with Gasteiger partial charge in [0.2, 0.25) is 0 Å². The Bertz CT molecular complexity index is 2680. The minimum atomic E-state index is 0.594. The average molecular weight is 691 g/mol. The molecule has 8 rings (SSSR count). The van der Waals surface area contributed by atoms with Gasteiger partial charge < -0.3 is 8.83 Å². The van der Waals surface area contributed by atoms with Crippen molar-refractivity contribution in [3.8, 4) is 45.2 Å². The zero-order chi connectivity index (χ0) is 35.6. The molecular weight excluding hydrogens is 653 g/mol. The van der Waals surface area contributed by atoms with Crippen molar-refractivity contribution in [2.45, 2.75) is 40.0 Å². The molecule has 0 aliphatic carbocycles. The molecule has 2 heterocycles. The van der Waals surface area contributed by atoms with E-state index in [0.29, 0.717) is 6.42 Å². The lowest BCUT2D eigenvalue weighted by Gasteiger charge is -2.23. The summed E-state index contributed by atoms with van der Waals surface area (Å²) in [7, 11) is 0. The summed E-state index contributed by atoms with van der Waals surface area (Å²) in [6.45, 7) is 6.36. The first-order valence-corrected chi connectivity index (χ1v) is 18.4. The minimum Gasteiger partial charge on any atom is -0.461 e. The molecule has 3 heteroatoms. The number of aryl methyl sites for hydroxylation is 2. The molecule has 0 saturated heterocycles. The van der Waals surface area contributed by atoms with E-state index in [1.54, 1.807) is 0 Å². The van der Waals surface area contributed by atoms with Crippen molar-refractivity contribution < 1.29 is 8.83 Å². The maximum Gasteiger partial charge on any atom is 0.135 e. The number of rotatable bonds is 8. The van der Waals surface area contributed by atoms with Crippen molar-refractivity contribution in [3.63, 3.8) is 0 Å². The van der Waals surface area contributed by atoms with Crippen LogP contribution in [0.2, 0.25) is 0 Å². The van der Waals surface area contributed by atoms with Gasteiger partial charge in [0, 0.05) is 34.5 Å². The van der Waals surface area contributed by atoms with Crippen LogP contribution in [0.1, 0.15) is 53.5 Å². The average Bonchev–Trinajstić information content (AvgIpc) is 3.73. The molecular formula is C49H38O2S. The monoisotopic (exact) mass is 690 g/mol. The molecule has 0 atom stereocenters. The summed E-state index contributed by atoms with van der Waals surface area (Å²) in [6.07, 6.45) is 6.62. The van der Waals surface area contributed by atoms with Crippen LogP contribution in [-0.4, -0.2) is 5.37 Å². The molecule has 2 aromatic heterocycles. The highest BCUT2D eigenvalue weighted by molar-refractivity contribution is 7.79. The molecule has 0 saturated carbocycles. The summed E-state index contributed by atoms with van der Waals surface area (Å²) in [6, 6.07) is 42.7. The van der Waals surface area contributed by atoms with Gasteiger partial charge in [-0.1, -0.05) is 122 Å². The summed E-state index contributed by atoms with van der Waals surface area (Å²) in [5.41, 5.74) is 13.1. The minimum absolute atomic E-state index is 0.594. The number of hydrogen-bond donors (Lipinski definition) is 0. The second kappa shape index (κ2) is 14.3. The third kappa shape index (κ3) is 6.06. The Morgan fingerprint density at radius 3 is 2.10 bits per heavy atom. The van der Waals surface area contributed by atoms with E-state index < -0.39 is 0 Å². The SMILES string of the molecule is CCCC#CCc1c(C=S)c(-c2cc3c(/C=C\c4cc5ccccc5o4)c(C)oc3cc2C)c2ccccc2c1-c1ccccc1-c1ccccc1. The third-order valence-electron chi connectivity index (χ3n) is 9.91. The Labute approximate surface area is 310 Å². The van der Waals surface area contributed by atoms with Crippen LogP contribution in [-0.2, 0) is 6.42 Å². The number of hydrogen-bond acceptors (Lipinski definition) is 3. The van der Waals surface area contributed by atoms with Gasteiger partial charge in [0.15, 0.2) is 0 Å². The Kier molecular flexibility index (Phi) is 9.16. The number of thiocarbonyl (C=S) groups is 1. The van der Waals surface area contributed by atoms with Crippen molar-refractivity contribution in [2.24, 2.45) is 0 Å². The Hall–Kier alpha value is -5.95. The molecule has 0 bridgehead atoms. The van der Waals surface area contributed by atoms with Gasteiger partial charge in [-0.15, -0.1) is 5.92 Å². The van der Waals surface area contributed by atoms with Crippen LogP contribution in [0.4, 0.5) is 0 Å². The second-order valence-electron chi connectivity index (χ2n) is 13.3. The molecule has 0 aliphatic rings. The molecule has 0 unspecified atom stereocenters. The Balaban J connectivity index is 1.38. The van der Waals surface area contributed by atoms with E-state index >= 15 is 0 Å². The molecule has 0 spiro atoms. The highest BCUT2D eigenvalue weighted by atomic mass is 32.1. The molecule has 2 nitrogen and oxygen atoms in total. The van der Waals surface area contributed by atoms with E-state index in [-0.39, 0.29) is 0 Å². The van der Waals surface area contributed by atoms with Crippen LogP contribution in [0.3, 0.4) is 0 Å². The molecule has 0 fully saturated rings. The van der Waals surface area contributed by atoms with E-state index in [9.17, 15) is 0 Å². The van der Waals surface area contributed by atoms with Crippen LogP contribution in [0.25, 0.3) is 78.2 Å². The van der Waals surface area contributed by atoms with Crippen molar-refractivity contribution >= 4 is 62.4 Å². The van der Waals surface area contributed by atoms with Gasteiger partial charge >= 0.3 is 0 Å². The van der Waals surface area contributed by atoms with Gasteiger partial charge in [0.05, 0.1) is 0 Å². The maximum atomic E-state index is 6.37. The summed E-state index contributed by atoms with van der Waals surface area (Å²) in [4.78, 5) is 0. The van der Waals surface area contributed by atoms with Crippen molar-refractivity contribution in [1.29, 1.82) is 0 Å². The van der Waals surface area contributed by atoms with Crippen LogP contribution in [0.15, 0.2) is 130 Å².